The van der Waals surface area contributed by atoms with Crippen molar-refractivity contribution in [1.29, 1.82) is 0 Å². The van der Waals surface area contributed by atoms with Crippen molar-refractivity contribution >= 4 is 33.9 Å². The maximum absolute atomic E-state index is 11.4. The van der Waals surface area contributed by atoms with Gasteiger partial charge in [-0.15, -0.1) is 0 Å². The fourth-order valence-corrected chi connectivity index (χ4v) is 1.62. The molecule has 0 saturated heterocycles. The molecule has 96 valence electrons. The molecule has 1 aromatic rings. The highest BCUT2D eigenvalue weighted by Gasteiger charge is 2.03. The van der Waals surface area contributed by atoms with Crippen LogP contribution >= 0.6 is 15.9 Å². The van der Waals surface area contributed by atoms with Crippen LogP contribution in [0.1, 0.15) is 12.5 Å². The molecule has 18 heavy (non-hydrogen) atoms. The Labute approximate surface area is 114 Å². The average Bonchev–Trinajstić information content (AvgIpc) is 2.36. The molecule has 1 amide bonds. The molecule has 0 fully saturated rings. The van der Waals surface area contributed by atoms with Crippen LogP contribution in [-0.2, 0) is 14.3 Å². The van der Waals surface area contributed by atoms with Crippen molar-refractivity contribution in [1.82, 2.24) is 5.32 Å². The number of halogens is 1. The van der Waals surface area contributed by atoms with E-state index in [2.05, 4.69) is 26.0 Å². The number of ether oxygens (including phenoxy) is 1. The molecule has 0 aliphatic carbocycles. The van der Waals surface area contributed by atoms with E-state index in [0.717, 1.165) is 10.0 Å². The zero-order chi connectivity index (χ0) is 13.4. The standard InChI is InChI=1S/C13H14BrNO3/c1-2-18-13(17)9-15-12(16)8-7-10-5-3-4-6-11(10)14/h3-8H,2,9H2,1H3,(H,15,16)/b8-7+. The van der Waals surface area contributed by atoms with E-state index >= 15 is 0 Å². The summed E-state index contributed by atoms with van der Waals surface area (Å²) in [5.74, 6) is -0.779. The number of hydrogen-bond donors (Lipinski definition) is 1. The minimum atomic E-state index is -0.444. The van der Waals surface area contributed by atoms with Crippen LogP contribution in [0.5, 0.6) is 0 Å². The molecule has 0 unspecified atom stereocenters. The fraction of sp³-hybridized carbons (Fsp3) is 0.231. The molecule has 1 N–H and O–H groups in total. The van der Waals surface area contributed by atoms with Gasteiger partial charge >= 0.3 is 5.97 Å². The van der Waals surface area contributed by atoms with Gasteiger partial charge in [0, 0.05) is 10.5 Å². The average molecular weight is 312 g/mol. The van der Waals surface area contributed by atoms with Crippen LogP contribution in [0.3, 0.4) is 0 Å². The third kappa shape index (κ3) is 5.14. The smallest absolute Gasteiger partial charge is 0.325 e. The second-order valence-corrected chi connectivity index (χ2v) is 4.23. The third-order valence-corrected chi connectivity index (χ3v) is 2.75. The lowest BCUT2D eigenvalue weighted by Gasteiger charge is -2.02. The normalized spacial score (nSPS) is 10.3. The lowest BCUT2D eigenvalue weighted by Crippen LogP contribution is -2.29. The molecule has 0 saturated carbocycles. The monoisotopic (exact) mass is 311 g/mol. The van der Waals surface area contributed by atoms with Crippen molar-refractivity contribution in [2.45, 2.75) is 6.92 Å². The highest BCUT2D eigenvalue weighted by Crippen LogP contribution is 2.16. The highest BCUT2D eigenvalue weighted by molar-refractivity contribution is 9.10. The Morgan fingerprint density at radius 2 is 2.11 bits per heavy atom. The molecule has 1 rings (SSSR count). The van der Waals surface area contributed by atoms with Gasteiger partial charge < -0.3 is 10.1 Å². The summed E-state index contributed by atoms with van der Waals surface area (Å²) in [6.07, 6.45) is 3.05. The number of carbonyl (C=O) groups is 2. The lowest BCUT2D eigenvalue weighted by atomic mass is 10.2. The van der Waals surface area contributed by atoms with E-state index in [9.17, 15) is 9.59 Å². The second-order valence-electron chi connectivity index (χ2n) is 3.38. The van der Waals surface area contributed by atoms with Crippen LogP contribution in [0.15, 0.2) is 34.8 Å². The lowest BCUT2D eigenvalue weighted by molar-refractivity contribution is -0.143. The summed E-state index contributed by atoms with van der Waals surface area (Å²) < 4.78 is 5.59. The van der Waals surface area contributed by atoms with Crippen LogP contribution in [0.4, 0.5) is 0 Å². The number of carbonyl (C=O) groups excluding carboxylic acids is 2. The molecule has 5 heteroatoms. The van der Waals surface area contributed by atoms with Gasteiger partial charge in [0.25, 0.3) is 0 Å². The van der Waals surface area contributed by atoms with Gasteiger partial charge in [0.2, 0.25) is 5.91 Å². The zero-order valence-corrected chi connectivity index (χ0v) is 11.6. The summed E-state index contributed by atoms with van der Waals surface area (Å²) in [6, 6.07) is 7.53. The van der Waals surface area contributed by atoms with E-state index in [1.807, 2.05) is 24.3 Å². The molecule has 0 aliphatic rings. The molecule has 0 heterocycles. The summed E-state index contributed by atoms with van der Waals surface area (Å²) in [5, 5.41) is 2.44. The Hall–Kier alpha value is -1.62. The van der Waals surface area contributed by atoms with Crippen LogP contribution in [-0.4, -0.2) is 25.0 Å². The van der Waals surface area contributed by atoms with Crippen LogP contribution in [0, 0.1) is 0 Å². The summed E-state index contributed by atoms with van der Waals surface area (Å²) in [5.41, 5.74) is 0.892. The maximum Gasteiger partial charge on any atom is 0.325 e. The highest BCUT2D eigenvalue weighted by atomic mass is 79.9. The molecule has 4 nitrogen and oxygen atoms in total. The third-order valence-electron chi connectivity index (χ3n) is 2.03. The summed E-state index contributed by atoms with van der Waals surface area (Å²) in [4.78, 5) is 22.4. The molecule has 0 bridgehead atoms. The summed E-state index contributed by atoms with van der Waals surface area (Å²) >= 11 is 3.37. The molecular weight excluding hydrogens is 298 g/mol. The van der Waals surface area contributed by atoms with Gasteiger partial charge in [0.15, 0.2) is 0 Å². The largest absolute Gasteiger partial charge is 0.465 e. The molecular formula is C13H14BrNO3. The van der Waals surface area contributed by atoms with E-state index in [-0.39, 0.29) is 12.5 Å². The van der Waals surface area contributed by atoms with Crippen molar-refractivity contribution < 1.29 is 14.3 Å². The van der Waals surface area contributed by atoms with Gasteiger partial charge in [0.05, 0.1) is 6.61 Å². The Morgan fingerprint density at radius 1 is 1.39 bits per heavy atom. The first kappa shape index (κ1) is 14.4. The van der Waals surface area contributed by atoms with E-state index in [4.69, 9.17) is 0 Å². The number of hydrogen-bond acceptors (Lipinski definition) is 3. The predicted octanol–water partition coefficient (Wildman–Crippen LogP) is 2.14. The van der Waals surface area contributed by atoms with Crippen molar-refractivity contribution in [2.75, 3.05) is 13.2 Å². The minimum Gasteiger partial charge on any atom is -0.465 e. The first-order chi connectivity index (χ1) is 8.63. The van der Waals surface area contributed by atoms with Gasteiger partial charge in [-0.05, 0) is 24.6 Å². The van der Waals surface area contributed by atoms with Crippen molar-refractivity contribution in [3.05, 3.63) is 40.4 Å². The molecule has 0 atom stereocenters. The predicted molar refractivity (Wildman–Crippen MR) is 72.8 cm³/mol. The number of benzene rings is 1. The van der Waals surface area contributed by atoms with Crippen LogP contribution in [0.2, 0.25) is 0 Å². The minimum absolute atomic E-state index is 0.118. The molecule has 0 spiro atoms. The van der Waals surface area contributed by atoms with E-state index < -0.39 is 5.97 Å². The Bertz CT molecular complexity index is 457. The topological polar surface area (TPSA) is 55.4 Å². The number of rotatable bonds is 5. The van der Waals surface area contributed by atoms with Crippen molar-refractivity contribution in [3.8, 4) is 0 Å². The second kappa shape index (κ2) is 7.66. The Morgan fingerprint density at radius 3 is 2.78 bits per heavy atom. The van der Waals surface area contributed by atoms with E-state index in [1.165, 1.54) is 6.08 Å². The van der Waals surface area contributed by atoms with Gasteiger partial charge in [-0.25, -0.2) is 0 Å². The van der Waals surface area contributed by atoms with Gasteiger partial charge in [-0.3, -0.25) is 9.59 Å². The first-order valence-corrected chi connectivity index (χ1v) is 6.29. The molecule has 1 aromatic carbocycles. The Kier molecular flexibility index (Phi) is 6.14. The van der Waals surface area contributed by atoms with Gasteiger partial charge in [0.1, 0.15) is 6.54 Å². The number of esters is 1. The molecule has 0 radical (unpaired) electrons. The zero-order valence-electron chi connectivity index (χ0n) is 9.98. The maximum atomic E-state index is 11.4. The van der Waals surface area contributed by atoms with Gasteiger partial charge in [-0.2, -0.15) is 0 Å². The van der Waals surface area contributed by atoms with Crippen LogP contribution in [0.25, 0.3) is 6.08 Å². The summed E-state index contributed by atoms with van der Waals surface area (Å²) in [7, 11) is 0. The quantitative estimate of drug-likeness (QED) is 0.669. The van der Waals surface area contributed by atoms with E-state index in [1.54, 1.807) is 13.0 Å². The SMILES string of the molecule is CCOC(=O)CNC(=O)/C=C/c1ccccc1Br. The van der Waals surface area contributed by atoms with Crippen molar-refractivity contribution in [3.63, 3.8) is 0 Å². The van der Waals surface area contributed by atoms with E-state index in [0.29, 0.717) is 6.61 Å². The Balaban J connectivity index is 2.45. The molecule has 0 aromatic heterocycles. The number of amides is 1. The fourth-order valence-electron chi connectivity index (χ4n) is 1.21. The molecule has 0 aliphatic heterocycles. The number of nitrogens with one attached hydrogen (secondary N) is 1. The summed E-state index contributed by atoms with van der Waals surface area (Å²) in [6.45, 7) is 1.90. The first-order valence-electron chi connectivity index (χ1n) is 5.49. The van der Waals surface area contributed by atoms with Crippen LogP contribution < -0.4 is 5.32 Å². The van der Waals surface area contributed by atoms with Crippen molar-refractivity contribution in [2.24, 2.45) is 0 Å². The van der Waals surface area contributed by atoms with Gasteiger partial charge in [-0.1, -0.05) is 34.1 Å².